The molecule has 1 heterocycles. The maximum absolute atomic E-state index is 13.3. The largest absolute Gasteiger partial charge is 0.347 e. The van der Waals surface area contributed by atoms with Gasteiger partial charge in [-0.3, -0.25) is 9.59 Å². The van der Waals surface area contributed by atoms with Gasteiger partial charge < -0.3 is 19.9 Å². The van der Waals surface area contributed by atoms with Crippen molar-refractivity contribution in [1.29, 1.82) is 0 Å². The zero-order chi connectivity index (χ0) is 26.2. The van der Waals surface area contributed by atoms with Crippen LogP contribution < -0.4 is 5.32 Å². The number of carbonyl (C=O) groups is 3. The molecule has 1 aromatic carbocycles. The molecule has 0 aliphatic carbocycles. The van der Waals surface area contributed by atoms with Crippen LogP contribution in [0.2, 0.25) is 0 Å². The maximum Gasteiger partial charge on any atom is 0.326 e. The number of benzene rings is 1. The van der Waals surface area contributed by atoms with Crippen molar-refractivity contribution in [1.82, 2.24) is 20.0 Å². The standard InChI is InChI=1S/C27H44N4O4/c1-8-12-22(21-15-13-20(5)14-16-21)28-26(34)31-24(33)27(9-2,10-3)25(31)35-19-23(32)30(11-4)18-17-29(6)7/h13-16,22,25H,8-12,17-19H2,1-7H3,(H,28,34)/t22-,25+/m1/s1. The molecule has 1 aliphatic heterocycles. The summed E-state index contributed by atoms with van der Waals surface area (Å²) in [6, 6.07) is 7.38. The van der Waals surface area contributed by atoms with Gasteiger partial charge in [0, 0.05) is 19.6 Å². The molecule has 0 aromatic heterocycles. The number of nitrogens with one attached hydrogen (secondary N) is 1. The fourth-order valence-electron chi connectivity index (χ4n) is 4.62. The SMILES string of the molecule is CCC[C@@H](NC(=O)N1C(=O)C(CC)(CC)[C@@H]1OCC(=O)N(CC)CCN(C)C)c1ccc(C)cc1. The van der Waals surface area contributed by atoms with Gasteiger partial charge in [0.05, 0.1) is 11.5 Å². The fraction of sp³-hybridized carbons (Fsp3) is 0.667. The minimum atomic E-state index is -0.789. The van der Waals surface area contributed by atoms with Crippen LogP contribution in [-0.4, -0.2) is 79.1 Å². The molecule has 1 fully saturated rings. The highest BCUT2D eigenvalue weighted by Crippen LogP contribution is 2.46. The fourth-order valence-corrected chi connectivity index (χ4v) is 4.62. The Morgan fingerprint density at radius 3 is 2.23 bits per heavy atom. The molecule has 4 amide bonds. The van der Waals surface area contributed by atoms with Gasteiger partial charge in [0.15, 0.2) is 6.23 Å². The number of ether oxygens (including phenoxy) is 1. The first-order valence-electron chi connectivity index (χ1n) is 12.9. The third-order valence-corrected chi connectivity index (χ3v) is 7.10. The number of urea groups is 1. The second kappa shape index (κ2) is 13.0. The number of hydrogen-bond acceptors (Lipinski definition) is 5. The zero-order valence-electron chi connectivity index (χ0n) is 22.6. The van der Waals surface area contributed by atoms with Crippen LogP contribution in [0.5, 0.6) is 0 Å². The normalized spacial score (nSPS) is 17.8. The second-order valence-electron chi connectivity index (χ2n) is 9.68. The molecule has 196 valence electrons. The van der Waals surface area contributed by atoms with E-state index in [1.165, 1.54) is 4.90 Å². The highest BCUT2D eigenvalue weighted by molar-refractivity contribution is 6.03. The molecule has 2 atom stereocenters. The van der Waals surface area contributed by atoms with Crippen LogP contribution >= 0.6 is 0 Å². The number of nitrogens with zero attached hydrogens (tertiary/aromatic N) is 3. The lowest BCUT2D eigenvalue weighted by atomic mass is 9.72. The van der Waals surface area contributed by atoms with E-state index in [1.807, 2.05) is 71.0 Å². The van der Waals surface area contributed by atoms with Gasteiger partial charge in [-0.25, -0.2) is 9.69 Å². The quantitative estimate of drug-likeness (QED) is 0.425. The Morgan fingerprint density at radius 2 is 1.71 bits per heavy atom. The number of likely N-dealkylation sites (tertiary alicyclic amines) is 1. The molecule has 1 N–H and O–H groups in total. The Balaban J connectivity index is 2.16. The zero-order valence-corrected chi connectivity index (χ0v) is 22.6. The molecule has 2 rings (SSSR count). The van der Waals surface area contributed by atoms with E-state index in [-0.39, 0.29) is 24.5 Å². The molecule has 1 aromatic rings. The van der Waals surface area contributed by atoms with Crippen molar-refractivity contribution in [3.8, 4) is 0 Å². The summed E-state index contributed by atoms with van der Waals surface area (Å²) in [7, 11) is 3.93. The molecule has 0 bridgehead atoms. The van der Waals surface area contributed by atoms with E-state index in [4.69, 9.17) is 4.74 Å². The summed E-state index contributed by atoms with van der Waals surface area (Å²) in [5, 5.41) is 3.04. The Labute approximate surface area is 211 Å². The summed E-state index contributed by atoms with van der Waals surface area (Å²) in [6.07, 6.45) is 1.96. The lowest BCUT2D eigenvalue weighted by Crippen LogP contribution is -2.72. The van der Waals surface area contributed by atoms with Gasteiger partial charge in [0.2, 0.25) is 11.8 Å². The topological polar surface area (TPSA) is 82.2 Å². The summed E-state index contributed by atoms with van der Waals surface area (Å²) in [5.74, 6) is -0.379. The average Bonchev–Trinajstić information content (AvgIpc) is 2.83. The Hall–Kier alpha value is -2.45. The van der Waals surface area contributed by atoms with Crippen molar-refractivity contribution >= 4 is 17.8 Å². The van der Waals surface area contributed by atoms with Crippen LogP contribution in [0.15, 0.2) is 24.3 Å². The number of carbonyl (C=O) groups excluding carboxylic acids is 3. The minimum Gasteiger partial charge on any atom is -0.347 e. The monoisotopic (exact) mass is 488 g/mol. The van der Waals surface area contributed by atoms with Gasteiger partial charge in [0.1, 0.15) is 6.61 Å². The van der Waals surface area contributed by atoms with Crippen molar-refractivity contribution < 1.29 is 19.1 Å². The first-order chi connectivity index (χ1) is 16.6. The van der Waals surface area contributed by atoms with Crippen LogP contribution in [0.1, 0.15) is 70.5 Å². The lowest BCUT2D eigenvalue weighted by molar-refractivity contribution is -0.212. The van der Waals surface area contributed by atoms with Crippen molar-refractivity contribution in [3.05, 3.63) is 35.4 Å². The van der Waals surface area contributed by atoms with Gasteiger partial charge in [-0.2, -0.15) is 0 Å². The number of likely N-dealkylation sites (N-methyl/N-ethyl adjacent to an activating group) is 2. The van der Waals surface area contributed by atoms with E-state index in [9.17, 15) is 14.4 Å². The smallest absolute Gasteiger partial charge is 0.326 e. The third kappa shape index (κ3) is 6.61. The summed E-state index contributed by atoms with van der Waals surface area (Å²) < 4.78 is 6.03. The van der Waals surface area contributed by atoms with Gasteiger partial charge in [-0.1, -0.05) is 57.0 Å². The van der Waals surface area contributed by atoms with Gasteiger partial charge >= 0.3 is 6.03 Å². The summed E-state index contributed by atoms with van der Waals surface area (Å²) >= 11 is 0. The minimum absolute atomic E-state index is 0.140. The number of rotatable bonds is 13. The first kappa shape index (κ1) is 28.8. The van der Waals surface area contributed by atoms with E-state index in [2.05, 4.69) is 12.2 Å². The van der Waals surface area contributed by atoms with E-state index in [0.29, 0.717) is 25.9 Å². The molecule has 1 aliphatic rings. The van der Waals surface area contributed by atoms with Crippen LogP contribution in [0.25, 0.3) is 0 Å². The predicted molar refractivity (Wildman–Crippen MR) is 138 cm³/mol. The van der Waals surface area contributed by atoms with Crippen molar-refractivity contribution in [2.75, 3.05) is 40.3 Å². The average molecular weight is 489 g/mol. The molecule has 35 heavy (non-hydrogen) atoms. The Kier molecular flexibility index (Phi) is 10.7. The lowest BCUT2D eigenvalue weighted by Gasteiger charge is -2.53. The second-order valence-corrected chi connectivity index (χ2v) is 9.68. The molecule has 1 saturated heterocycles. The maximum atomic E-state index is 13.3. The van der Waals surface area contributed by atoms with Gasteiger partial charge in [-0.05, 0) is 52.8 Å². The summed E-state index contributed by atoms with van der Waals surface area (Å²) in [4.78, 5) is 44.3. The van der Waals surface area contributed by atoms with Gasteiger partial charge in [0.25, 0.3) is 0 Å². The van der Waals surface area contributed by atoms with Crippen molar-refractivity contribution in [3.63, 3.8) is 0 Å². The highest BCUT2D eigenvalue weighted by Gasteiger charge is 2.62. The number of imide groups is 1. The molecule has 0 radical (unpaired) electrons. The molecular formula is C27H44N4O4. The van der Waals surface area contributed by atoms with Gasteiger partial charge in [-0.15, -0.1) is 0 Å². The Bertz CT molecular complexity index is 851. The van der Waals surface area contributed by atoms with Crippen LogP contribution in [-0.2, 0) is 14.3 Å². The number of hydrogen-bond donors (Lipinski definition) is 1. The summed E-state index contributed by atoms with van der Waals surface area (Å²) in [6.45, 7) is 11.6. The molecule has 0 spiro atoms. The van der Waals surface area contributed by atoms with E-state index >= 15 is 0 Å². The summed E-state index contributed by atoms with van der Waals surface area (Å²) in [5.41, 5.74) is 1.36. The molecule has 8 nitrogen and oxygen atoms in total. The van der Waals surface area contributed by atoms with E-state index in [0.717, 1.165) is 30.5 Å². The molecule has 0 unspecified atom stereocenters. The third-order valence-electron chi connectivity index (χ3n) is 7.10. The number of aryl methyl sites for hydroxylation is 1. The van der Waals surface area contributed by atoms with Crippen molar-refractivity contribution in [2.24, 2.45) is 5.41 Å². The van der Waals surface area contributed by atoms with Crippen LogP contribution in [0.3, 0.4) is 0 Å². The van der Waals surface area contributed by atoms with Crippen LogP contribution in [0.4, 0.5) is 4.79 Å². The van der Waals surface area contributed by atoms with E-state index in [1.54, 1.807) is 4.90 Å². The number of β-lactam (4-membered cyclic amide) rings is 1. The first-order valence-corrected chi connectivity index (χ1v) is 12.9. The number of amides is 4. The Morgan fingerprint density at radius 1 is 1.09 bits per heavy atom. The molecular weight excluding hydrogens is 444 g/mol. The van der Waals surface area contributed by atoms with E-state index < -0.39 is 17.7 Å². The van der Waals surface area contributed by atoms with Crippen LogP contribution in [0, 0.1) is 12.3 Å². The molecule has 0 saturated carbocycles. The molecule has 8 heteroatoms. The predicted octanol–water partition coefficient (Wildman–Crippen LogP) is 3.95. The van der Waals surface area contributed by atoms with Crippen molar-refractivity contribution in [2.45, 2.75) is 72.6 Å². The highest BCUT2D eigenvalue weighted by atomic mass is 16.5.